The van der Waals surface area contributed by atoms with Crippen LogP contribution in [0, 0.1) is 12.3 Å². The van der Waals surface area contributed by atoms with Crippen LogP contribution in [0.2, 0.25) is 0 Å². The summed E-state index contributed by atoms with van der Waals surface area (Å²) >= 11 is 0. The van der Waals surface area contributed by atoms with Crippen LogP contribution in [0.5, 0.6) is 5.75 Å². The first-order valence-corrected chi connectivity index (χ1v) is 7.72. The van der Waals surface area contributed by atoms with E-state index in [2.05, 4.69) is 32.0 Å². The number of terminal acetylenes is 1. The summed E-state index contributed by atoms with van der Waals surface area (Å²) in [5.74, 6) is 3.37. The van der Waals surface area contributed by atoms with Crippen molar-refractivity contribution in [3.63, 3.8) is 0 Å². The zero-order chi connectivity index (χ0) is 16.2. The zero-order valence-corrected chi connectivity index (χ0v) is 13.6. The Kier molecular flexibility index (Phi) is 5.10. The Balaban J connectivity index is 2.02. The molecule has 0 radical (unpaired) electrons. The van der Waals surface area contributed by atoms with Crippen LogP contribution in [0.15, 0.2) is 24.3 Å². The van der Waals surface area contributed by atoms with Gasteiger partial charge in [0.1, 0.15) is 12.4 Å². The second-order valence-electron chi connectivity index (χ2n) is 6.09. The lowest BCUT2D eigenvalue weighted by atomic mass is 10.1. The summed E-state index contributed by atoms with van der Waals surface area (Å²) in [6.45, 7) is 7.25. The number of hydrogen-bond acceptors (Lipinski definition) is 3. The molecule has 2 rings (SSSR count). The summed E-state index contributed by atoms with van der Waals surface area (Å²) in [4.78, 5) is 14.5. The van der Waals surface area contributed by atoms with Crippen molar-refractivity contribution < 1.29 is 9.53 Å². The Morgan fingerprint density at radius 3 is 2.64 bits per heavy atom. The molecule has 0 saturated carbocycles. The third-order valence-corrected chi connectivity index (χ3v) is 3.90. The molecule has 0 spiro atoms. The third kappa shape index (κ3) is 3.61. The number of nitrogens with one attached hydrogen (secondary N) is 1. The number of carbonyl (C=O) groups is 1. The highest BCUT2D eigenvalue weighted by atomic mass is 16.5. The van der Waals surface area contributed by atoms with E-state index in [1.807, 2.05) is 29.2 Å². The summed E-state index contributed by atoms with van der Waals surface area (Å²) in [5, 5.41) is 3.43. The lowest BCUT2D eigenvalue weighted by Gasteiger charge is -2.30. The van der Waals surface area contributed by atoms with Crippen molar-refractivity contribution in [3.8, 4) is 18.1 Å². The first-order chi connectivity index (χ1) is 10.5. The van der Waals surface area contributed by atoms with Gasteiger partial charge in [0.15, 0.2) is 0 Å². The van der Waals surface area contributed by atoms with Gasteiger partial charge in [-0.2, -0.15) is 0 Å². The quantitative estimate of drug-likeness (QED) is 0.819. The number of carbonyl (C=O) groups excluding carboxylic acids is 1. The molecule has 0 aliphatic carbocycles. The van der Waals surface area contributed by atoms with Gasteiger partial charge in [-0.25, -0.2) is 0 Å². The fourth-order valence-electron chi connectivity index (χ4n) is 2.86. The van der Waals surface area contributed by atoms with E-state index >= 15 is 0 Å². The molecule has 1 aliphatic heterocycles. The number of rotatable bonds is 6. The minimum atomic E-state index is -0.284. The zero-order valence-electron chi connectivity index (χ0n) is 13.6. The van der Waals surface area contributed by atoms with E-state index in [1.54, 1.807) is 0 Å². The van der Waals surface area contributed by atoms with Crippen LogP contribution >= 0.6 is 0 Å². The van der Waals surface area contributed by atoms with Crippen molar-refractivity contribution in [3.05, 3.63) is 29.8 Å². The highest BCUT2D eigenvalue weighted by Gasteiger charge is 2.43. The van der Waals surface area contributed by atoms with Crippen molar-refractivity contribution in [2.75, 3.05) is 13.2 Å². The maximum atomic E-state index is 12.5. The van der Waals surface area contributed by atoms with Gasteiger partial charge in [-0.1, -0.05) is 25.0 Å². The Labute approximate surface area is 132 Å². The largest absolute Gasteiger partial charge is 0.481 e. The monoisotopic (exact) mass is 300 g/mol. The molecule has 4 heteroatoms. The highest BCUT2D eigenvalue weighted by Crippen LogP contribution is 2.24. The second kappa shape index (κ2) is 6.85. The summed E-state index contributed by atoms with van der Waals surface area (Å²) in [7, 11) is 0. The molecule has 0 bridgehead atoms. The van der Waals surface area contributed by atoms with Crippen LogP contribution in [0.3, 0.4) is 0 Å². The van der Waals surface area contributed by atoms with E-state index in [9.17, 15) is 4.79 Å². The van der Waals surface area contributed by atoms with Gasteiger partial charge in [-0.15, -0.1) is 6.42 Å². The fraction of sp³-hybridized carbons (Fsp3) is 0.500. The number of nitrogens with zero attached hydrogens (tertiary/aromatic N) is 1. The Morgan fingerprint density at radius 1 is 1.36 bits per heavy atom. The Bertz CT molecular complexity index is 557. The second-order valence-corrected chi connectivity index (χ2v) is 6.09. The van der Waals surface area contributed by atoms with Crippen LogP contribution in [-0.4, -0.2) is 35.7 Å². The molecule has 1 N–H and O–H groups in total. The maximum Gasteiger partial charge on any atom is 0.241 e. The molecule has 4 nitrogen and oxygen atoms in total. The van der Waals surface area contributed by atoms with Gasteiger partial charge in [-0.3, -0.25) is 10.1 Å². The van der Waals surface area contributed by atoms with Crippen LogP contribution < -0.4 is 10.1 Å². The normalized spacial score (nSPS) is 20.0. The average molecular weight is 300 g/mol. The molecule has 1 heterocycles. The molecule has 0 aromatic heterocycles. The summed E-state index contributed by atoms with van der Waals surface area (Å²) in [6.07, 6.45) is 6.81. The third-order valence-electron chi connectivity index (χ3n) is 3.90. The lowest BCUT2D eigenvalue weighted by Crippen LogP contribution is -2.47. The van der Waals surface area contributed by atoms with Crippen LogP contribution in [0.1, 0.15) is 32.8 Å². The smallest absolute Gasteiger partial charge is 0.241 e. The van der Waals surface area contributed by atoms with Gasteiger partial charge in [0.25, 0.3) is 0 Å². The van der Waals surface area contributed by atoms with Gasteiger partial charge in [0, 0.05) is 6.54 Å². The molecule has 1 aromatic rings. The van der Waals surface area contributed by atoms with Crippen molar-refractivity contribution in [1.29, 1.82) is 0 Å². The molecular weight excluding hydrogens is 276 g/mol. The molecule has 1 atom stereocenters. The standard InChI is InChI=1S/C18H24N2O2/c1-5-11-20-17(21)16(19-18(20,3)4)13-14-7-9-15(10-8-14)22-12-6-2/h2,7-10,16,19H,5,11-13H2,1,3-4H3/t16-/m0/s1. The number of hydrogen-bond donors (Lipinski definition) is 1. The Morgan fingerprint density at radius 2 is 2.05 bits per heavy atom. The van der Waals surface area contributed by atoms with Gasteiger partial charge in [0.2, 0.25) is 5.91 Å². The van der Waals surface area contributed by atoms with E-state index < -0.39 is 0 Å². The predicted molar refractivity (Wildman–Crippen MR) is 87.5 cm³/mol. The van der Waals surface area contributed by atoms with Crippen LogP contribution in [0.4, 0.5) is 0 Å². The molecule has 1 aliphatic rings. The number of ether oxygens (including phenoxy) is 1. The fourth-order valence-corrected chi connectivity index (χ4v) is 2.86. The topological polar surface area (TPSA) is 41.6 Å². The van der Waals surface area contributed by atoms with E-state index in [4.69, 9.17) is 11.2 Å². The molecular formula is C18H24N2O2. The van der Waals surface area contributed by atoms with Crippen LogP contribution in [-0.2, 0) is 11.2 Å². The molecule has 0 unspecified atom stereocenters. The van der Waals surface area contributed by atoms with Gasteiger partial charge < -0.3 is 9.64 Å². The van der Waals surface area contributed by atoms with E-state index in [1.165, 1.54) is 0 Å². The molecule has 1 saturated heterocycles. The van der Waals surface area contributed by atoms with Crippen molar-refractivity contribution >= 4 is 5.91 Å². The molecule has 1 fully saturated rings. The van der Waals surface area contributed by atoms with E-state index in [0.29, 0.717) is 6.42 Å². The first kappa shape index (κ1) is 16.4. The van der Waals surface area contributed by atoms with Gasteiger partial charge in [-0.05, 0) is 44.4 Å². The van der Waals surface area contributed by atoms with E-state index in [-0.39, 0.29) is 24.2 Å². The van der Waals surface area contributed by atoms with Crippen molar-refractivity contribution in [2.24, 2.45) is 0 Å². The minimum absolute atomic E-state index is 0.168. The lowest BCUT2D eigenvalue weighted by molar-refractivity contribution is -0.131. The minimum Gasteiger partial charge on any atom is -0.481 e. The first-order valence-electron chi connectivity index (χ1n) is 7.72. The van der Waals surface area contributed by atoms with Crippen molar-refractivity contribution in [1.82, 2.24) is 10.2 Å². The SMILES string of the molecule is C#CCOc1ccc(C[C@@H]2NC(C)(C)N(CCC)C2=O)cc1. The van der Waals surface area contributed by atoms with Crippen LogP contribution in [0.25, 0.3) is 0 Å². The molecule has 1 aromatic carbocycles. The number of benzene rings is 1. The average Bonchev–Trinajstić information content (AvgIpc) is 2.70. The number of amides is 1. The highest BCUT2D eigenvalue weighted by molar-refractivity contribution is 5.85. The maximum absolute atomic E-state index is 12.5. The summed E-state index contributed by atoms with van der Waals surface area (Å²) in [5.41, 5.74) is 0.821. The molecule has 1 amide bonds. The van der Waals surface area contributed by atoms with E-state index in [0.717, 1.165) is 24.3 Å². The molecule has 118 valence electrons. The van der Waals surface area contributed by atoms with Gasteiger partial charge >= 0.3 is 0 Å². The summed E-state index contributed by atoms with van der Waals surface area (Å²) in [6, 6.07) is 7.58. The summed E-state index contributed by atoms with van der Waals surface area (Å²) < 4.78 is 5.36. The predicted octanol–water partition coefficient (Wildman–Crippen LogP) is 2.19. The molecule has 22 heavy (non-hydrogen) atoms. The van der Waals surface area contributed by atoms with Crippen molar-refractivity contribution in [2.45, 2.75) is 45.3 Å². The van der Waals surface area contributed by atoms with Gasteiger partial charge in [0.05, 0.1) is 11.7 Å². The Hall–Kier alpha value is -1.99.